The second kappa shape index (κ2) is 9.41. The molecule has 0 spiro atoms. The van der Waals surface area contributed by atoms with Gasteiger partial charge in [-0.1, -0.05) is 11.6 Å². The van der Waals surface area contributed by atoms with E-state index < -0.39 is 0 Å². The first-order chi connectivity index (χ1) is 13.6. The second-order valence-corrected chi connectivity index (χ2v) is 6.57. The summed E-state index contributed by atoms with van der Waals surface area (Å²) in [5, 5.41) is 0.442. The molecule has 1 aliphatic rings. The van der Waals surface area contributed by atoms with Crippen molar-refractivity contribution in [2.75, 3.05) is 44.8 Å². The molecular formula is C20H23ClN4O3. The monoisotopic (exact) mass is 402 g/mol. The fraction of sp³-hybridized carbons (Fsp3) is 0.350. The summed E-state index contributed by atoms with van der Waals surface area (Å²) >= 11 is 6.26. The molecule has 1 saturated heterocycles. The molecule has 1 fully saturated rings. The Morgan fingerprint density at radius 3 is 2.57 bits per heavy atom. The van der Waals surface area contributed by atoms with Crippen molar-refractivity contribution in [1.82, 2.24) is 14.9 Å². The molecule has 0 N–H and O–H groups in total. The van der Waals surface area contributed by atoms with Gasteiger partial charge in [-0.2, -0.15) is 0 Å². The van der Waals surface area contributed by atoms with Gasteiger partial charge in [0, 0.05) is 44.6 Å². The van der Waals surface area contributed by atoms with Gasteiger partial charge >= 0.3 is 0 Å². The number of ether oxygens (including phenoxy) is 2. The molecule has 1 aromatic carbocycles. The average molecular weight is 403 g/mol. The molecule has 1 amide bonds. The number of halogens is 1. The summed E-state index contributed by atoms with van der Waals surface area (Å²) in [4.78, 5) is 24.9. The first-order valence-corrected chi connectivity index (χ1v) is 9.49. The van der Waals surface area contributed by atoms with Crippen molar-refractivity contribution >= 4 is 29.5 Å². The normalized spacial score (nSPS) is 14.4. The van der Waals surface area contributed by atoms with Crippen LogP contribution in [-0.2, 0) is 4.79 Å². The smallest absolute Gasteiger partial charge is 0.246 e. The maximum absolute atomic E-state index is 12.5. The van der Waals surface area contributed by atoms with E-state index in [1.807, 2.05) is 17.9 Å². The molecule has 0 aliphatic carbocycles. The van der Waals surface area contributed by atoms with Gasteiger partial charge in [0.05, 0.1) is 18.7 Å². The van der Waals surface area contributed by atoms with Crippen LogP contribution < -0.4 is 14.4 Å². The maximum Gasteiger partial charge on any atom is 0.246 e. The molecule has 0 radical (unpaired) electrons. The number of carbonyl (C=O) groups excluding carboxylic acids is 1. The number of benzene rings is 1. The highest BCUT2D eigenvalue weighted by molar-refractivity contribution is 6.32. The van der Waals surface area contributed by atoms with Crippen LogP contribution in [0.4, 0.5) is 5.95 Å². The number of aromatic nitrogens is 2. The van der Waals surface area contributed by atoms with Gasteiger partial charge in [0.2, 0.25) is 11.9 Å². The first-order valence-electron chi connectivity index (χ1n) is 9.11. The van der Waals surface area contributed by atoms with Crippen LogP contribution in [0.5, 0.6) is 11.5 Å². The van der Waals surface area contributed by atoms with Gasteiger partial charge in [-0.25, -0.2) is 9.97 Å². The van der Waals surface area contributed by atoms with Crippen molar-refractivity contribution in [3.63, 3.8) is 0 Å². The molecule has 2 heterocycles. The number of anilines is 1. The highest BCUT2D eigenvalue weighted by Gasteiger charge is 2.21. The van der Waals surface area contributed by atoms with Crippen molar-refractivity contribution in [1.29, 1.82) is 0 Å². The van der Waals surface area contributed by atoms with Crippen LogP contribution in [0.1, 0.15) is 12.5 Å². The molecule has 7 nitrogen and oxygen atoms in total. The number of carbonyl (C=O) groups is 1. The zero-order valence-electron chi connectivity index (χ0n) is 16.0. The van der Waals surface area contributed by atoms with Gasteiger partial charge in [-0.15, -0.1) is 0 Å². The average Bonchev–Trinajstić information content (AvgIpc) is 2.73. The summed E-state index contributed by atoms with van der Waals surface area (Å²) in [7, 11) is 1.54. The van der Waals surface area contributed by atoms with Crippen molar-refractivity contribution in [3.8, 4) is 11.5 Å². The van der Waals surface area contributed by atoms with Crippen molar-refractivity contribution in [2.45, 2.75) is 6.92 Å². The van der Waals surface area contributed by atoms with E-state index in [1.54, 1.807) is 43.8 Å². The number of rotatable bonds is 6. The van der Waals surface area contributed by atoms with E-state index in [0.717, 1.165) is 5.56 Å². The quantitative estimate of drug-likeness (QED) is 0.692. The van der Waals surface area contributed by atoms with Gasteiger partial charge < -0.3 is 19.3 Å². The van der Waals surface area contributed by atoms with Crippen LogP contribution in [0, 0.1) is 0 Å². The van der Waals surface area contributed by atoms with Gasteiger partial charge in [-0.3, -0.25) is 4.79 Å². The highest BCUT2D eigenvalue weighted by atomic mass is 35.5. The van der Waals surface area contributed by atoms with Crippen molar-refractivity contribution in [3.05, 3.63) is 47.3 Å². The van der Waals surface area contributed by atoms with Crippen molar-refractivity contribution in [2.24, 2.45) is 0 Å². The minimum absolute atomic E-state index is 0.0430. The third kappa shape index (κ3) is 4.72. The van der Waals surface area contributed by atoms with E-state index in [0.29, 0.717) is 55.3 Å². The van der Waals surface area contributed by atoms with Gasteiger partial charge in [-0.05, 0) is 36.8 Å². The lowest BCUT2D eigenvalue weighted by atomic mass is 10.1. The Labute approximate surface area is 169 Å². The minimum atomic E-state index is -0.0430. The number of hydrogen-bond acceptors (Lipinski definition) is 6. The number of hydrogen-bond donors (Lipinski definition) is 0. The molecule has 28 heavy (non-hydrogen) atoms. The van der Waals surface area contributed by atoms with Gasteiger partial charge in [0.1, 0.15) is 0 Å². The topological polar surface area (TPSA) is 67.8 Å². The summed E-state index contributed by atoms with van der Waals surface area (Å²) in [5.74, 6) is 1.70. The van der Waals surface area contributed by atoms with E-state index in [-0.39, 0.29) is 5.91 Å². The highest BCUT2D eigenvalue weighted by Crippen LogP contribution is 2.36. The zero-order valence-corrected chi connectivity index (χ0v) is 16.7. The number of nitrogens with zero attached hydrogens (tertiary/aromatic N) is 4. The fourth-order valence-electron chi connectivity index (χ4n) is 3.00. The molecule has 1 aromatic heterocycles. The van der Waals surface area contributed by atoms with Gasteiger partial charge in [0.25, 0.3) is 0 Å². The lowest BCUT2D eigenvalue weighted by Gasteiger charge is -2.34. The Morgan fingerprint density at radius 2 is 1.93 bits per heavy atom. The molecule has 0 saturated carbocycles. The summed E-state index contributed by atoms with van der Waals surface area (Å²) in [6.45, 7) is 5.02. The van der Waals surface area contributed by atoms with Crippen LogP contribution in [0.2, 0.25) is 5.02 Å². The molecule has 1 aliphatic heterocycles. The molecule has 8 heteroatoms. The Balaban J connectivity index is 1.63. The number of amides is 1. The SMILES string of the molecule is CCOc1cc(/C=C/C(=O)N2CCN(c3ncccn3)CC2)cc(Cl)c1OC. The summed E-state index contributed by atoms with van der Waals surface area (Å²) < 4.78 is 10.9. The largest absolute Gasteiger partial charge is 0.491 e. The van der Waals surface area contributed by atoms with Crippen LogP contribution in [-0.4, -0.2) is 60.7 Å². The van der Waals surface area contributed by atoms with Crippen molar-refractivity contribution < 1.29 is 14.3 Å². The predicted octanol–water partition coefficient (Wildman–Crippen LogP) is 2.90. The Hall–Kier alpha value is -2.80. The first kappa shape index (κ1) is 19.9. The molecule has 3 rings (SSSR count). The summed E-state index contributed by atoms with van der Waals surface area (Å²) in [6.07, 6.45) is 6.74. The Morgan fingerprint density at radius 1 is 1.21 bits per heavy atom. The molecule has 0 bridgehead atoms. The maximum atomic E-state index is 12.5. The third-order valence-corrected chi connectivity index (χ3v) is 4.66. The molecule has 0 atom stereocenters. The standard InChI is InChI=1S/C20H23ClN4O3/c1-3-28-17-14-15(13-16(21)19(17)27-2)5-6-18(26)24-9-11-25(12-10-24)20-22-7-4-8-23-20/h4-8,13-14H,3,9-12H2,1-2H3/b6-5+. The van der Waals surface area contributed by atoms with Crippen LogP contribution in [0.25, 0.3) is 6.08 Å². The van der Waals surface area contributed by atoms with Crippen LogP contribution in [0.15, 0.2) is 36.7 Å². The lowest BCUT2D eigenvalue weighted by Crippen LogP contribution is -2.48. The van der Waals surface area contributed by atoms with Crippen LogP contribution >= 0.6 is 11.6 Å². The number of piperazine rings is 1. The van der Waals surface area contributed by atoms with E-state index in [2.05, 4.69) is 14.9 Å². The lowest BCUT2D eigenvalue weighted by molar-refractivity contribution is -0.126. The minimum Gasteiger partial charge on any atom is -0.491 e. The van der Waals surface area contributed by atoms with E-state index in [9.17, 15) is 4.79 Å². The molecule has 0 unspecified atom stereocenters. The van der Waals surface area contributed by atoms with E-state index in [1.165, 1.54) is 0 Å². The summed E-state index contributed by atoms with van der Waals surface area (Å²) in [6, 6.07) is 5.34. The predicted molar refractivity (Wildman–Crippen MR) is 109 cm³/mol. The Bertz CT molecular complexity index is 837. The summed E-state index contributed by atoms with van der Waals surface area (Å²) in [5.41, 5.74) is 0.777. The van der Waals surface area contributed by atoms with Gasteiger partial charge in [0.15, 0.2) is 11.5 Å². The zero-order chi connectivity index (χ0) is 19.9. The molecule has 148 valence electrons. The van der Waals surface area contributed by atoms with E-state index >= 15 is 0 Å². The fourth-order valence-corrected chi connectivity index (χ4v) is 3.30. The van der Waals surface area contributed by atoms with Crippen LogP contribution in [0.3, 0.4) is 0 Å². The molecule has 2 aromatic rings. The molecular weight excluding hydrogens is 380 g/mol. The number of methoxy groups -OCH3 is 1. The third-order valence-electron chi connectivity index (χ3n) is 4.38. The Kier molecular flexibility index (Phi) is 6.71. The second-order valence-electron chi connectivity index (χ2n) is 6.16. The van der Waals surface area contributed by atoms with E-state index in [4.69, 9.17) is 21.1 Å².